The lowest BCUT2D eigenvalue weighted by Gasteiger charge is -2.33. The van der Waals surface area contributed by atoms with E-state index in [0.29, 0.717) is 18.1 Å². The Bertz CT molecular complexity index is 386. The van der Waals surface area contributed by atoms with Gasteiger partial charge in [-0.25, -0.2) is 4.39 Å². The fourth-order valence-electron chi connectivity index (χ4n) is 2.14. The Morgan fingerprint density at radius 1 is 1.29 bits per heavy atom. The Morgan fingerprint density at radius 2 is 1.88 bits per heavy atom. The summed E-state index contributed by atoms with van der Waals surface area (Å²) in [6.07, 6.45) is 0. The van der Waals surface area contributed by atoms with Crippen LogP contribution in [0.4, 0.5) is 4.39 Å². The fraction of sp³-hybridized carbons (Fsp3) is 0.500. The lowest BCUT2D eigenvalue weighted by atomic mass is 10.1. The lowest BCUT2D eigenvalue weighted by molar-refractivity contribution is 0.221. The number of benzene rings is 1. The van der Waals surface area contributed by atoms with Gasteiger partial charge in [0, 0.05) is 48.0 Å². The van der Waals surface area contributed by atoms with Crippen molar-refractivity contribution in [3.05, 3.63) is 35.6 Å². The van der Waals surface area contributed by atoms with Gasteiger partial charge in [0.25, 0.3) is 0 Å². The summed E-state index contributed by atoms with van der Waals surface area (Å²) in [4.78, 5) is 2.23. The molecule has 1 atom stereocenters. The van der Waals surface area contributed by atoms with E-state index in [-0.39, 0.29) is 11.9 Å². The summed E-state index contributed by atoms with van der Waals surface area (Å²) in [7, 11) is -0.682. The number of hydrogen-bond donors (Lipinski definition) is 1. The zero-order chi connectivity index (χ0) is 12.3. The van der Waals surface area contributed by atoms with Gasteiger partial charge in [-0.2, -0.15) is 0 Å². The summed E-state index contributed by atoms with van der Waals surface area (Å²) in [6, 6.07) is 6.57. The van der Waals surface area contributed by atoms with Gasteiger partial charge in [0.15, 0.2) is 0 Å². The summed E-state index contributed by atoms with van der Waals surface area (Å²) in [5.41, 5.74) is 6.83. The second-order valence-corrected chi connectivity index (χ2v) is 5.88. The monoisotopic (exact) mass is 256 g/mol. The van der Waals surface area contributed by atoms with Gasteiger partial charge < -0.3 is 5.73 Å². The van der Waals surface area contributed by atoms with E-state index < -0.39 is 10.8 Å². The minimum atomic E-state index is -0.682. The van der Waals surface area contributed by atoms with Crippen LogP contribution in [0.15, 0.2) is 24.3 Å². The second-order valence-electron chi connectivity index (χ2n) is 4.19. The Morgan fingerprint density at radius 3 is 2.41 bits per heavy atom. The van der Waals surface area contributed by atoms with Crippen LogP contribution in [0.5, 0.6) is 0 Å². The van der Waals surface area contributed by atoms with E-state index in [1.54, 1.807) is 12.1 Å². The molecule has 1 saturated heterocycles. The molecule has 5 heteroatoms. The number of halogens is 1. The van der Waals surface area contributed by atoms with Gasteiger partial charge in [-0.05, 0) is 17.7 Å². The van der Waals surface area contributed by atoms with Crippen LogP contribution < -0.4 is 5.73 Å². The third-order valence-electron chi connectivity index (χ3n) is 3.13. The second kappa shape index (κ2) is 5.71. The number of rotatable bonds is 3. The van der Waals surface area contributed by atoms with Crippen molar-refractivity contribution in [3.63, 3.8) is 0 Å². The number of hydrogen-bond acceptors (Lipinski definition) is 3. The van der Waals surface area contributed by atoms with Gasteiger partial charge in [-0.3, -0.25) is 9.11 Å². The number of nitrogens with zero attached hydrogens (tertiary/aromatic N) is 1. The smallest absolute Gasteiger partial charge is 0.123 e. The molecule has 1 unspecified atom stereocenters. The van der Waals surface area contributed by atoms with Crippen LogP contribution in [0.2, 0.25) is 0 Å². The van der Waals surface area contributed by atoms with Crippen molar-refractivity contribution < 1.29 is 8.60 Å². The third kappa shape index (κ3) is 3.12. The van der Waals surface area contributed by atoms with Crippen molar-refractivity contribution in [2.24, 2.45) is 5.73 Å². The quantitative estimate of drug-likeness (QED) is 0.873. The number of nitrogens with two attached hydrogens (primary N) is 1. The maximum absolute atomic E-state index is 12.9. The van der Waals surface area contributed by atoms with Crippen LogP contribution in [-0.4, -0.2) is 40.2 Å². The summed E-state index contributed by atoms with van der Waals surface area (Å²) in [5, 5.41) is 0. The van der Waals surface area contributed by atoms with Gasteiger partial charge in [0.1, 0.15) is 5.82 Å². The van der Waals surface area contributed by atoms with Gasteiger partial charge in [-0.1, -0.05) is 12.1 Å². The van der Waals surface area contributed by atoms with Gasteiger partial charge >= 0.3 is 0 Å². The normalized spacial score (nSPS) is 20.4. The molecule has 0 aliphatic carbocycles. The molecule has 17 heavy (non-hydrogen) atoms. The molecular weight excluding hydrogens is 239 g/mol. The molecule has 94 valence electrons. The standard InChI is InChI=1S/C12H17FN2OS/c13-11-3-1-10(2-4-11)12(9-14)15-5-7-17(16)8-6-15/h1-4,12H,5-9,14H2. The Labute approximate surface area is 103 Å². The first-order valence-corrected chi connectivity index (χ1v) is 7.24. The van der Waals surface area contributed by atoms with Gasteiger partial charge in [0.2, 0.25) is 0 Å². The van der Waals surface area contributed by atoms with Crippen LogP contribution >= 0.6 is 0 Å². The third-order valence-corrected chi connectivity index (χ3v) is 4.41. The summed E-state index contributed by atoms with van der Waals surface area (Å²) >= 11 is 0. The maximum atomic E-state index is 12.9. The average molecular weight is 256 g/mol. The highest BCUT2D eigenvalue weighted by molar-refractivity contribution is 7.85. The molecule has 1 aromatic carbocycles. The molecule has 0 spiro atoms. The molecule has 3 nitrogen and oxygen atoms in total. The lowest BCUT2D eigenvalue weighted by Crippen LogP contribution is -2.42. The van der Waals surface area contributed by atoms with E-state index in [1.807, 2.05) is 0 Å². The van der Waals surface area contributed by atoms with E-state index in [0.717, 1.165) is 18.7 Å². The zero-order valence-corrected chi connectivity index (χ0v) is 10.5. The molecule has 0 radical (unpaired) electrons. The highest BCUT2D eigenvalue weighted by Crippen LogP contribution is 2.21. The van der Waals surface area contributed by atoms with E-state index in [4.69, 9.17) is 5.73 Å². The van der Waals surface area contributed by atoms with Crippen LogP contribution in [-0.2, 0) is 10.8 Å². The van der Waals surface area contributed by atoms with Crippen molar-refractivity contribution >= 4 is 10.8 Å². The van der Waals surface area contributed by atoms with Gasteiger partial charge in [-0.15, -0.1) is 0 Å². The molecule has 0 saturated carbocycles. The molecule has 0 bridgehead atoms. The van der Waals surface area contributed by atoms with Crippen molar-refractivity contribution in [2.45, 2.75) is 6.04 Å². The molecule has 0 aromatic heterocycles. The Hall–Kier alpha value is -0.780. The van der Waals surface area contributed by atoms with E-state index in [1.165, 1.54) is 12.1 Å². The van der Waals surface area contributed by atoms with E-state index in [9.17, 15) is 8.60 Å². The highest BCUT2D eigenvalue weighted by atomic mass is 32.2. The van der Waals surface area contributed by atoms with Crippen molar-refractivity contribution in [2.75, 3.05) is 31.1 Å². The van der Waals surface area contributed by atoms with E-state index >= 15 is 0 Å². The SMILES string of the molecule is NCC(c1ccc(F)cc1)N1CCS(=O)CC1. The zero-order valence-electron chi connectivity index (χ0n) is 9.64. The molecule has 0 amide bonds. The average Bonchev–Trinajstić information content (AvgIpc) is 2.35. The highest BCUT2D eigenvalue weighted by Gasteiger charge is 2.23. The first-order valence-electron chi connectivity index (χ1n) is 5.75. The van der Waals surface area contributed by atoms with Crippen LogP contribution in [0.3, 0.4) is 0 Å². The molecular formula is C12H17FN2OS. The van der Waals surface area contributed by atoms with Crippen LogP contribution in [0.25, 0.3) is 0 Å². The molecule has 1 heterocycles. The topological polar surface area (TPSA) is 46.3 Å². The Balaban J connectivity index is 2.10. The summed E-state index contributed by atoms with van der Waals surface area (Å²) < 4.78 is 24.2. The summed E-state index contributed by atoms with van der Waals surface area (Å²) in [5.74, 6) is 1.18. The first-order chi connectivity index (χ1) is 8.20. The molecule has 1 aliphatic rings. The predicted molar refractivity (Wildman–Crippen MR) is 67.6 cm³/mol. The molecule has 2 N–H and O–H groups in total. The summed E-state index contributed by atoms with van der Waals surface area (Å²) in [6.45, 7) is 2.09. The molecule has 1 aromatic rings. The molecule has 1 fully saturated rings. The Kier molecular flexibility index (Phi) is 4.25. The van der Waals surface area contributed by atoms with Gasteiger partial charge in [0.05, 0.1) is 0 Å². The largest absolute Gasteiger partial charge is 0.329 e. The maximum Gasteiger partial charge on any atom is 0.123 e. The predicted octanol–water partition coefficient (Wildman–Crippen LogP) is 0.890. The van der Waals surface area contributed by atoms with Crippen molar-refractivity contribution in [1.29, 1.82) is 0 Å². The van der Waals surface area contributed by atoms with Crippen LogP contribution in [0, 0.1) is 5.82 Å². The van der Waals surface area contributed by atoms with Crippen molar-refractivity contribution in [1.82, 2.24) is 4.90 Å². The van der Waals surface area contributed by atoms with Crippen LogP contribution in [0.1, 0.15) is 11.6 Å². The molecule has 2 rings (SSSR count). The fourth-order valence-corrected chi connectivity index (χ4v) is 3.22. The first kappa shape index (κ1) is 12.7. The molecule has 1 aliphatic heterocycles. The minimum Gasteiger partial charge on any atom is -0.329 e. The minimum absolute atomic E-state index is 0.105. The van der Waals surface area contributed by atoms with E-state index in [2.05, 4.69) is 4.90 Å². The van der Waals surface area contributed by atoms with Crippen molar-refractivity contribution in [3.8, 4) is 0 Å².